The maximum atomic E-state index is 5.80. The van der Waals surface area contributed by atoms with E-state index in [0.717, 1.165) is 24.3 Å². The summed E-state index contributed by atoms with van der Waals surface area (Å²) in [5, 5.41) is 0. The Kier molecular flexibility index (Phi) is 2.63. The van der Waals surface area contributed by atoms with E-state index >= 15 is 0 Å². The largest absolute Gasteiger partial charge is 0.330 e. The lowest BCUT2D eigenvalue weighted by molar-refractivity contribution is 0.395. The van der Waals surface area contributed by atoms with Crippen LogP contribution in [-0.4, -0.2) is 18.1 Å². The standard InChI is InChI=1S/C11H21NS/c1-11(2)9(6-12)10(11)8-4-3-5-13-7-8/h8-10H,3-7,12H2,1-2H3/t8?,9-,10-/m0/s1. The lowest BCUT2D eigenvalue weighted by atomic mass is 9.94. The third-order valence-electron chi connectivity index (χ3n) is 4.10. The summed E-state index contributed by atoms with van der Waals surface area (Å²) in [6, 6.07) is 0. The van der Waals surface area contributed by atoms with Crippen molar-refractivity contribution in [2.45, 2.75) is 26.7 Å². The second kappa shape index (κ2) is 3.47. The molecule has 0 bridgehead atoms. The number of hydrogen-bond donors (Lipinski definition) is 1. The smallest absolute Gasteiger partial charge is 0.00362 e. The van der Waals surface area contributed by atoms with Crippen LogP contribution in [-0.2, 0) is 0 Å². The quantitative estimate of drug-likeness (QED) is 0.739. The summed E-state index contributed by atoms with van der Waals surface area (Å²) in [7, 11) is 0. The highest BCUT2D eigenvalue weighted by molar-refractivity contribution is 7.99. The van der Waals surface area contributed by atoms with Crippen LogP contribution in [0.2, 0.25) is 0 Å². The Morgan fingerprint density at radius 2 is 2.23 bits per heavy atom. The van der Waals surface area contributed by atoms with Gasteiger partial charge < -0.3 is 5.73 Å². The van der Waals surface area contributed by atoms with Crippen molar-refractivity contribution in [3.63, 3.8) is 0 Å². The summed E-state index contributed by atoms with van der Waals surface area (Å²) in [6.07, 6.45) is 2.89. The molecule has 1 saturated carbocycles. The molecule has 0 aromatic heterocycles. The highest BCUT2D eigenvalue weighted by Gasteiger charge is 2.59. The zero-order valence-electron chi connectivity index (χ0n) is 8.75. The molecule has 1 aliphatic heterocycles. The Morgan fingerprint density at radius 1 is 1.46 bits per heavy atom. The fourth-order valence-corrected chi connectivity index (χ4v) is 4.44. The molecule has 0 amide bonds. The fraction of sp³-hybridized carbons (Fsp3) is 1.00. The molecule has 1 saturated heterocycles. The Labute approximate surface area is 85.8 Å². The van der Waals surface area contributed by atoms with Crippen LogP contribution in [0.5, 0.6) is 0 Å². The van der Waals surface area contributed by atoms with Crippen molar-refractivity contribution < 1.29 is 0 Å². The van der Waals surface area contributed by atoms with Gasteiger partial charge in [0.25, 0.3) is 0 Å². The Balaban J connectivity index is 1.94. The topological polar surface area (TPSA) is 26.0 Å². The first-order chi connectivity index (χ1) is 6.18. The minimum Gasteiger partial charge on any atom is -0.330 e. The van der Waals surface area contributed by atoms with Crippen LogP contribution in [0.3, 0.4) is 0 Å². The number of nitrogens with two attached hydrogens (primary N) is 1. The Hall–Kier alpha value is 0.310. The van der Waals surface area contributed by atoms with Crippen molar-refractivity contribution in [1.82, 2.24) is 0 Å². The summed E-state index contributed by atoms with van der Waals surface area (Å²) in [5.41, 5.74) is 6.35. The van der Waals surface area contributed by atoms with Gasteiger partial charge in [-0.05, 0) is 54.1 Å². The molecule has 2 N–H and O–H groups in total. The summed E-state index contributed by atoms with van der Waals surface area (Å²) in [4.78, 5) is 0. The van der Waals surface area contributed by atoms with Crippen molar-refractivity contribution in [2.24, 2.45) is 28.9 Å². The molecule has 1 nitrogen and oxygen atoms in total. The zero-order chi connectivity index (χ0) is 9.47. The molecule has 1 unspecified atom stereocenters. The van der Waals surface area contributed by atoms with Gasteiger partial charge in [0.15, 0.2) is 0 Å². The maximum Gasteiger partial charge on any atom is -0.00362 e. The van der Waals surface area contributed by atoms with Crippen LogP contribution < -0.4 is 5.73 Å². The van der Waals surface area contributed by atoms with Crippen LogP contribution in [0.4, 0.5) is 0 Å². The molecule has 0 aromatic carbocycles. The fourth-order valence-electron chi connectivity index (χ4n) is 3.22. The Morgan fingerprint density at radius 3 is 2.69 bits per heavy atom. The molecule has 2 aliphatic rings. The monoisotopic (exact) mass is 199 g/mol. The lowest BCUT2D eigenvalue weighted by Crippen LogP contribution is -2.16. The molecule has 2 heteroatoms. The van der Waals surface area contributed by atoms with E-state index in [-0.39, 0.29) is 0 Å². The van der Waals surface area contributed by atoms with Crippen molar-refractivity contribution >= 4 is 11.8 Å². The molecule has 3 atom stereocenters. The van der Waals surface area contributed by atoms with E-state index in [2.05, 4.69) is 25.6 Å². The molecule has 0 radical (unpaired) electrons. The van der Waals surface area contributed by atoms with E-state index in [1.807, 2.05) is 0 Å². The average Bonchev–Trinajstić information content (AvgIpc) is 2.69. The predicted octanol–water partition coefficient (Wildman–Crippen LogP) is 2.36. The second-order valence-electron chi connectivity index (χ2n) is 5.17. The molecule has 13 heavy (non-hydrogen) atoms. The number of rotatable bonds is 2. The molecule has 0 spiro atoms. The minimum absolute atomic E-state index is 0.553. The van der Waals surface area contributed by atoms with Crippen molar-refractivity contribution in [3.05, 3.63) is 0 Å². The number of hydrogen-bond acceptors (Lipinski definition) is 2. The molecule has 0 aromatic rings. The van der Waals surface area contributed by atoms with Crippen molar-refractivity contribution in [3.8, 4) is 0 Å². The van der Waals surface area contributed by atoms with Gasteiger partial charge in [0.05, 0.1) is 0 Å². The summed E-state index contributed by atoms with van der Waals surface area (Å²) < 4.78 is 0. The number of thioether (sulfide) groups is 1. The first-order valence-electron chi connectivity index (χ1n) is 5.45. The summed E-state index contributed by atoms with van der Waals surface area (Å²) >= 11 is 2.14. The third kappa shape index (κ3) is 1.63. The van der Waals surface area contributed by atoms with E-state index in [4.69, 9.17) is 5.73 Å². The van der Waals surface area contributed by atoms with Gasteiger partial charge in [0.1, 0.15) is 0 Å². The highest BCUT2D eigenvalue weighted by Crippen LogP contribution is 2.62. The molecule has 2 rings (SSSR count). The first-order valence-corrected chi connectivity index (χ1v) is 6.61. The zero-order valence-corrected chi connectivity index (χ0v) is 9.57. The van der Waals surface area contributed by atoms with Crippen LogP contribution >= 0.6 is 11.8 Å². The SMILES string of the molecule is CC1(C)[C@@H](CN)[C@@H]1C1CCCSC1. The summed E-state index contributed by atoms with van der Waals surface area (Å²) in [6.45, 7) is 5.70. The van der Waals surface area contributed by atoms with Crippen LogP contribution in [0.1, 0.15) is 26.7 Å². The van der Waals surface area contributed by atoms with Gasteiger partial charge in [-0.1, -0.05) is 13.8 Å². The van der Waals surface area contributed by atoms with E-state index in [9.17, 15) is 0 Å². The Bertz CT molecular complexity index is 185. The van der Waals surface area contributed by atoms with E-state index in [1.54, 1.807) is 0 Å². The van der Waals surface area contributed by atoms with E-state index < -0.39 is 0 Å². The first kappa shape index (κ1) is 9.85. The minimum atomic E-state index is 0.553. The molecule has 1 heterocycles. The van der Waals surface area contributed by atoms with Crippen LogP contribution in [0, 0.1) is 23.2 Å². The van der Waals surface area contributed by atoms with Gasteiger partial charge in [-0.15, -0.1) is 0 Å². The van der Waals surface area contributed by atoms with Crippen LogP contribution in [0.25, 0.3) is 0 Å². The molecule has 1 aliphatic carbocycles. The van der Waals surface area contributed by atoms with Crippen molar-refractivity contribution in [1.29, 1.82) is 0 Å². The third-order valence-corrected chi connectivity index (χ3v) is 5.34. The van der Waals surface area contributed by atoms with Gasteiger partial charge in [0, 0.05) is 0 Å². The molecular weight excluding hydrogens is 178 g/mol. The van der Waals surface area contributed by atoms with E-state index in [0.29, 0.717) is 5.41 Å². The molecular formula is C11H21NS. The molecule has 76 valence electrons. The van der Waals surface area contributed by atoms with Gasteiger partial charge in [0.2, 0.25) is 0 Å². The van der Waals surface area contributed by atoms with Gasteiger partial charge in [-0.25, -0.2) is 0 Å². The maximum absolute atomic E-state index is 5.80. The summed E-state index contributed by atoms with van der Waals surface area (Å²) in [5.74, 6) is 5.51. The predicted molar refractivity (Wildman–Crippen MR) is 59.9 cm³/mol. The van der Waals surface area contributed by atoms with Gasteiger partial charge in [-0.3, -0.25) is 0 Å². The average molecular weight is 199 g/mol. The van der Waals surface area contributed by atoms with E-state index in [1.165, 1.54) is 24.3 Å². The van der Waals surface area contributed by atoms with Crippen LogP contribution in [0.15, 0.2) is 0 Å². The normalized spacial score (nSPS) is 43.2. The van der Waals surface area contributed by atoms with Gasteiger partial charge in [-0.2, -0.15) is 11.8 Å². The molecule has 2 fully saturated rings. The second-order valence-corrected chi connectivity index (χ2v) is 6.32. The highest BCUT2D eigenvalue weighted by atomic mass is 32.2. The van der Waals surface area contributed by atoms with Gasteiger partial charge >= 0.3 is 0 Å². The lowest BCUT2D eigenvalue weighted by Gasteiger charge is -2.22. The van der Waals surface area contributed by atoms with Crippen molar-refractivity contribution in [2.75, 3.05) is 18.1 Å².